The van der Waals surface area contributed by atoms with Gasteiger partial charge in [0, 0.05) is 5.69 Å². The molecule has 2 aromatic carbocycles. The minimum absolute atomic E-state index is 0.0933. The number of ether oxygens (including phenoxy) is 1. The largest absolute Gasteiger partial charge is 0.497 e. The summed E-state index contributed by atoms with van der Waals surface area (Å²) in [5.74, 6) is 1.09. The maximum Gasteiger partial charge on any atom is 0.238 e. The zero-order valence-electron chi connectivity index (χ0n) is 15.1. The van der Waals surface area contributed by atoms with Crippen LogP contribution in [0.25, 0.3) is 0 Å². The number of halogens is 1. The topological polar surface area (TPSA) is 41.6 Å². The number of anilines is 1. The van der Waals surface area contributed by atoms with Gasteiger partial charge in [-0.3, -0.25) is 9.69 Å². The molecule has 1 aliphatic rings. The van der Waals surface area contributed by atoms with E-state index < -0.39 is 0 Å². The Bertz CT molecular complexity index is 725. The first kappa shape index (κ1) is 18.4. The number of benzene rings is 2. The molecule has 0 aromatic heterocycles. The number of rotatable bonds is 6. The van der Waals surface area contributed by atoms with Crippen LogP contribution in [0.15, 0.2) is 48.5 Å². The molecule has 2 aromatic rings. The molecule has 0 atom stereocenters. The number of piperidine rings is 1. The first-order chi connectivity index (χ1) is 12.6. The van der Waals surface area contributed by atoms with Gasteiger partial charge < -0.3 is 10.1 Å². The fraction of sp³-hybridized carbons (Fsp3) is 0.381. The molecular formula is C21H25FN2O2. The van der Waals surface area contributed by atoms with Crippen molar-refractivity contribution in [3.8, 4) is 5.75 Å². The van der Waals surface area contributed by atoms with E-state index in [4.69, 9.17) is 4.74 Å². The van der Waals surface area contributed by atoms with Crippen molar-refractivity contribution in [1.82, 2.24) is 4.90 Å². The van der Waals surface area contributed by atoms with E-state index in [-0.39, 0.29) is 11.7 Å². The van der Waals surface area contributed by atoms with Crippen molar-refractivity contribution in [3.63, 3.8) is 0 Å². The van der Waals surface area contributed by atoms with E-state index in [1.807, 2.05) is 12.1 Å². The molecule has 0 spiro atoms. The van der Waals surface area contributed by atoms with E-state index >= 15 is 0 Å². The van der Waals surface area contributed by atoms with Gasteiger partial charge in [-0.05, 0) is 74.2 Å². The molecule has 0 unspecified atom stereocenters. The second-order valence-electron chi connectivity index (χ2n) is 6.83. The minimum atomic E-state index is -0.345. The SMILES string of the molecule is COc1ccc(CC2CCN(CC(=O)Nc3cccc(F)c3)CC2)cc1. The molecule has 1 saturated heterocycles. The van der Waals surface area contributed by atoms with Gasteiger partial charge in [-0.2, -0.15) is 0 Å². The minimum Gasteiger partial charge on any atom is -0.497 e. The van der Waals surface area contributed by atoms with Crippen molar-refractivity contribution in [2.24, 2.45) is 5.92 Å². The van der Waals surface area contributed by atoms with Crippen LogP contribution in [0.5, 0.6) is 5.75 Å². The summed E-state index contributed by atoms with van der Waals surface area (Å²) in [7, 11) is 1.68. The molecule has 0 saturated carbocycles. The standard InChI is InChI=1S/C21H25FN2O2/c1-26-20-7-5-16(6-8-20)13-17-9-11-24(12-10-17)15-21(25)23-19-4-2-3-18(22)14-19/h2-8,14,17H,9-13,15H2,1H3,(H,23,25). The number of nitrogens with zero attached hydrogens (tertiary/aromatic N) is 1. The van der Waals surface area contributed by atoms with Crippen molar-refractivity contribution >= 4 is 11.6 Å². The van der Waals surface area contributed by atoms with E-state index in [9.17, 15) is 9.18 Å². The van der Waals surface area contributed by atoms with E-state index in [0.29, 0.717) is 18.2 Å². The summed E-state index contributed by atoms with van der Waals surface area (Å²) in [5, 5.41) is 2.76. The summed E-state index contributed by atoms with van der Waals surface area (Å²) >= 11 is 0. The van der Waals surface area contributed by atoms with Crippen molar-refractivity contribution in [1.29, 1.82) is 0 Å². The van der Waals surface area contributed by atoms with Gasteiger partial charge in [0.25, 0.3) is 0 Å². The fourth-order valence-electron chi connectivity index (χ4n) is 3.41. The molecule has 5 heteroatoms. The van der Waals surface area contributed by atoms with Crippen LogP contribution in [0.1, 0.15) is 18.4 Å². The Kier molecular flexibility index (Phi) is 6.23. The van der Waals surface area contributed by atoms with Gasteiger partial charge >= 0.3 is 0 Å². The normalized spacial score (nSPS) is 15.6. The number of amides is 1. The van der Waals surface area contributed by atoms with Crippen molar-refractivity contribution in [2.75, 3.05) is 32.1 Å². The third kappa shape index (κ3) is 5.30. The molecule has 3 rings (SSSR count). The van der Waals surface area contributed by atoms with Gasteiger partial charge in [-0.25, -0.2) is 4.39 Å². The molecule has 0 radical (unpaired) electrons. The first-order valence-electron chi connectivity index (χ1n) is 9.03. The summed E-state index contributed by atoms with van der Waals surface area (Å²) in [6, 6.07) is 14.2. The number of hydrogen-bond donors (Lipinski definition) is 1. The Morgan fingerprint density at radius 3 is 2.58 bits per heavy atom. The molecule has 1 fully saturated rings. The molecule has 1 aliphatic heterocycles. The first-order valence-corrected chi connectivity index (χ1v) is 9.03. The summed E-state index contributed by atoms with van der Waals surface area (Å²) in [6.07, 6.45) is 3.23. The Balaban J connectivity index is 1.42. The quantitative estimate of drug-likeness (QED) is 0.858. The van der Waals surface area contributed by atoms with Gasteiger partial charge in [0.15, 0.2) is 0 Å². The number of likely N-dealkylation sites (tertiary alicyclic amines) is 1. The van der Waals surface area contributed by atoms with E-state index in [2.05, 4.69) is 22.3 Å². The summed E-state index contributed by atoms with van der Waals surface area (Å²) < 4.78 is 18.4. The number of methoxy groups -OCH3 is 1. The molecule has 1 amide bonds. The summed E-state index contributed by atoms with van der Waals surface area (Å²) in [6.45, 7) is 2.18. The average molecular weight is 356 g/mol. The van der Waals surface area contributed by atoms with Gasteiger partial charge in [0.2, 0.25) is 5.91 Å². The van der Waals surface area contributed by atoms with Gasteiger partial charge in [-0.15, -0.1) is 0 Å². The maximum absolute atomic E-state index is 13.2. The van der Waals surface area contributed by atoms with Crippen LogP contribution in [0, 0.1) is 11.7 Å². The maximum atomic E-state index is 13.2. The molecular weight excluding hydrogens is 331 g/mol. The Morgan fingerprint density at radius 2 is 1.92 bits per heavy atom. The van der Waals surface area contributed by atoms with Crippen LogP contribution in [-0.2, 0) is 11.2 Å². The molecule has 1 N–H and O–H groups in total. The highest BCUT2D eigenvalue weighted by atomic mass is 19.1. The van der Waals surface area contributed by atoms with E-state index in [0.717, 1.165) is 38.1 Å². The van der Waals surface area contributed by atoms with E-state index in [1.54, 1.807) is 19.2 Å². The molecule has 0 aliphatic carbocycles. The van der Waals surface area contributed by atoms with Crippen LogP contribution >= 0.6 is 0 Å². The van der Waals surface area contributed by atoms with Gasteiger partial charge in [0.05, 0.1) is 13.7 Å². The Labute approximate surface area is 154 Å². The third-order valence-corrected chi connectivity index (χ3v) is 4.87. The molecule has 1 heterocycles. The Morgan fingerprint density at radius 1 is 1.19 bits per heavy atom. The van der Waals surface area contributed by atoms with Gasteiger partial charge in [0.1, 0.15) is 11.6 Å². The zero-order valence-corrected chi connectivity index (χ0v) is 15.1. The lowest BCUT2D eigenvalue weighted by Gasteiger charge is -2.31. The predicted molar refractivity (Wildman–Crippen MR) is 101 cm³/mol. The third-order valence-electron chi connectivity index (χ3n) is 4.87. The molecule has 138 valence electrons. The second kappa shape index (κ2) is 8.81. The lowest BCUT2D eigenvalue weighted by Crippen LogP contribution is -2.39. The van der Waals surface area contributed by atoms with Crippen LogP contribution in [0.3, 0.4) is 0 Å². The molecule has 0 bridgehead atoms. The van der Waals surface area contributed by atoms with Crippen LogP contribution < -0.4 is 10.1 Å². The number of hydrogen-bond acceptors (Lipinski definition) is 3. The van der Waals surface area contributed by atoms with E-state index in [1.165, 1.54) is 17.7 Å². The Hall–Kier alpha value is -2.40. The smallest absolute Gasteiger partial charge is 0.238 e. The van der Waals surface area contributed by atoms with Crippen LogP contribution in [0.2, 0.25) is 0 Å². The number of carbonyl (C=O) groups is 1. The van der Waals surface area contributed by atoms with Crippen LogP contribution in [0.4, 0.5) is 10.1 Å². The highest BCUT2D eigenvalue weighted by Gasteiger charge is 2.21. The molecule has 26 heavy (non-hydrogen) atoms. The van der Waals surface area contributed by atoms with Gasteiger partial charge in [-0.1, -0.05) is 18.2 Å². The fourth-order valence-corrected chi connectivity index (χ4v) is 3.41. The number of carbonyl (C=O) groups excluding carboxylic acids is 1. The monoisotopic (exact) mass is 356 g/mol. The molecule has 4 nitrogen and oxygen atoms in total. The number of nitrogens with one attached hydrogen (secondary N) is 1. The highest BCUT2D eigenvalue weighted by molar-refractivity contribution is 5.92. The lowest BCUT2D eigenvalue weighted by atomic mass is 9.90. The summed E-state index contributed by atoms with van der Waals surface area (Å²) in [5.41, 5.74) is 1.83. The average Bonchev–Trinajstić information content (AvgIpc) is 2.64. The van der Waals surface area contributed by atoms with Crippen LogP contribution in [-0.4, -0.2) is 37.6 Å². The summed E-state index contributed by atoms with van der Waals surface area (Å²) in [4.78, 5) is 14.3. The highest BCUT2D eigenvalue weighted by Crippen LogP contribution is 2.23. The van der Waals surface area contributed by atoms with Crippen molar-refractivity contribution in [3.05, 3.63) is 59.9 Å². The zero-order chi connectivity index (χ0) is 18.4. The second-order valence-corrected chi connectivity index (χ2v) is 6.83. The van der Waals surface area contributed by atoms with Crippen molar-refractivity contribution < 1.29 is 13.9 Å². The predicted octanol–water partition coefficient (Wildman–Crippen LogP) is 3.73. The van der Waals surface area contributed by atoms with Crippen molar-refractivity contribution in [2.45, 2.75) is 19.3 Å². The lowest BCUT2D eigenvalue weighted by molar-refractivity contribution is -0.117.